The van der Waals surface area contributed by atoms with E-state index >= 15 is 0 Å². The number of anilines is 1. The second kappa shape index (κ2) is 7.12. The van der Waals surface area contributed by atoms with E-state index in [1.54, 1.807) is 11.8 Å². The minimum atomic E-state index is 0.0187. The standard InChI is InChI=1S/C14H14BrNOS2/c1-2-18-12-5-3-10(4-6-12)7-13(17)16-14-8-11(15)9-19-14/h3-6,8-9H,2,7H2,1H3,(H,16,17). The molecule has 1 aromatic carbocycles. The van der Waals surface area contributed by atoms with Gasteiger partial charge in [-0.3, -0.25) is 4.79 Å². The Morgan fingerprint density at radius 3 is 2.68 bits per heavy atom. The average molecular weight is 356 g/mol. The summed E-state index contributed by atoms with van der Waals surface area (Å²) in [6.07, 6.45) is 0.409. The largest absolute Gasteiger partial charge is 0.317 e. The maximum Gasteiger partial charge on any atom is 0.229 e. The third-order valence-corrected chi connectivity index (χ3v) is 4.93. The van der Waals surface area contributed by atoms with Crippen molar-refractivity contribution in [2.75, 3.05) is 11.1 Å². The van der Waals surface area contributed by atoms with Gasteiger partial charge in [0.2, 0.25) is 5.91 Å². The smallest absolute Gasteiger partial charge is 0.229 e. The molecular weight excluding hydrogens is 342 g/mol. The van der Waals surface area contributed by atoms with Crippen molar-refractivity contribution in [2.45, 2.75) is 18.2 Å². The fourth-order valence-electron chi connectivity index (χ4n) is 1.62. The van der Waals surface area contributed by atoms with Crippen LogP contribution < -0.4 is 5.32 Å². The lowest BCUT2D eigenvalue weighted by Gasteiger charge is -2.04. The molecular formula is C14H14BrNOS2. The zero-order chi connectivity index (χ0) is 13.7. The lowest BCUT2D eigenvalue weighted by molar-refractivity contribution is -0.115. The number of nitrogens with one attached hydrogen (secondary N) is 1. The molecule has 0 aliphatic carbocycles. The molecule has 0 aliphatic heterocycles. The van der Waals surface area contributed by atoms with E-state index in [9.17, 15) is 4.79 Å². The molecule has 0 saturated carbocycles. The van der Waals surface area contributed by atoms with Crippen molar-refractivity contribution in [2.24, 2.45) is 0 Å². The fourth-order valence-corrected chi connectivity index (χ4v) is 3.61. The van der Waals surface area contributed by atoms with Crippen LogP contribution in [0, 0.1) is 0 Å². The van der Waals surface area contributed by atoms with Gasteiger partial charge in [0.25, 0.3) is 0 Å². The molecule has 0 atom stereocenters. The zero-order valence-corrected chi connectivity index (χ0v) is 13.7. The summed E-state index contributed by atoms with van der Waals surface area (Å²) >= 11 is 6.69. The molecule has 2 rings (SSSR count). The quantitative estimate of drug-likeness (QED) is 0.780. The number of thiophene rings is 1. The number of rotatable bonds is 5. The maximum atomic E-state index is 11.9. The summed E-state index contributed by atoms with van der Waals surface area (Å²) in [6.45, 7) is 2.13. The van der Waals surface area contributed by atoms with Crippen molar-refractivity contribution in [3.63, 3.8) is 0 Å². The van der Waals surface area contributed by atoms with Crippen LogP contribution in [0.4, 0.5) is 5.00 Å². The molecule has 0 radical (unpaired) electrons. The first-order valence-corrected chi connectivity index (χ1v) is 8.59. The molecule has 0 bridgehead atoms. The van der Waals surface area contributed by atoms with Crippen molar-refractivity contribution in [1.29, 1.82) is 0 Å². The van der Waals surface area contributed by atoms with E-state index in [0.717, 1.165) is 20.8 Å². The van der Waals surface area contributed by atoms with Gasteiger partial charge in [0.1, 0.15) is 0 Å². The molecule has 0 unspecified atom stereocenters. The van der Waals surface area contributed by atoms with Crippen LogP contribution in [0.5, 0.6) is 0 Å². The molecule has 1 amide bonds. The summed E-state index contributed by atoms with van der Waals surface area (Å²) < 4.78 is 0.994. The molecule has 1 aromatic heterocycles. The first-order chi connectivity index (χ1) is 9.17. The van der Waals surface area contributed by atoms with Gasteiger partial charge < -0.3 is 5.32 Å². The second-order valence-electron chi connectivity index (χ2n) is 3.93. The first-order valence-electron chi connectivity index (χ1n) is 5.93. The molecule has 1 N–H and O–H groups in total. The third kappa shape index (κ3) is 4.67. The highest BCUT2D eigenvalue weighted by Gasteiger charge is 2.06. The molecule has 0 fully saturated rings. The number of hydrogen-bond donors (Lipinski definition) is 1. The minimum absolute atomic E-state index is 0.0187. The Hall–Kier alpha value is -0.780. The fraction of sp³-hybridized carbons (Fsp3) is 0.214. The van der Waals surface area contributed by atoms with Crippen LogP contribution in [0.2, 0.25) is 0 Å². The van der Waals surface area contributed by atoms with Gasteiger partial charge in [-0.05, 0) is 45.4 Å². The number of carbonyl (C=O) groups is 1. The summed E-state index contributed by atoms with van der Waals surface area (Å²) in [7, 11) is 0. The number of hydrogen-bond acceptors (Lipinski definition) is 3. The molecule has 0 aliphatic rings. The van der Waals surface area contributed by atoms with E-state index in [0.29, 0.717) is 6.42 Å². The topological polar surface area (TPSA) is 29.1 Å². The molecule has 1 heterocycles. The van der Waals surface area contributed by atoms with Crippen molar-refractivity contribution in [1.82, 2.24) is 0 Å². The number of benzene rings is 1. The molecule has 5 heteroatoms. The predicted molar refractivity (Wildman–Crippen MR) is 87.2 cm³/mol. The summed E-state index contributed by atoms with van der Waals surface area (Å²) in [5, 5.41) is 5.72. The van der Waals surface area contributed by atoms with E-state index < -0.39 is 0 Å². The molecule has 2 nitrogen and oxygen atoms in total. The molecule has 100 valence electrons. The van der Waals surface area contributed by atoms with Crippen LogP contribution in [0.25, 0.3) is 0 Å². The van der Waals surface area contributed by atoms with Gasteiger partial charge in [-0.2, -0.15) is 0 Å². The molecule has 19 heavy (non-hydrogen) atoms. The minimum Gasteiger partial charge on any atom is -0.317 e. The summed E-state index contributed by atoms with van der Waals surface area (Å²) in [4.78, 5) is 13.1. The normalized spacial score (nSPS) is 10.4. The van der Waals surface area contributed by atoms with Gasteiger partial charge in [0.05, 0.1) is 11.4 Å². The second-order valence-corrected chi connectivity index (χ2v) is 7.10. The first kappa shape index (κ1) is 14.6. The average Bonchev–Trinajstić information content (AvgIpc) is 2.77. The van der Waals surface area contributed by atoms with Gasteiger partial charge in [0.15, 0.2) is 0 Å². The maximum absolute atomic E-state index is 11.9. The Kier molecular flexibility index (Phi) is 5.48. The van der Waals surface area contributed by atoms with Crippen LogP contribution in [0.3, 0.4) is 0 Å². The van der Waals surface area contributed by atoms with E-state index in [-0.39, 0.29) is 5.91 Å². The molecule has 0 saturated heterocycles. The predicted octanol–water partition coefficient (Wildman–Crippen LogP) is 4.80. The third-order valence-electron chi connectivity index (χ3n) is 2.43. The highest BCUT2D eigenvalue weighted by atomic mass is 79.9. The Bertz CT molecular complexity index is 551. The summed E-state index contributed by atoms with van der Waals surface area (Å²) in [5.41, 5.74) is 1.04. The van der Waals surface area contributed by atoms with E-state index in [2.05, 4.69) is 40.3 Å². The van der Waals surface area contributed by atoms with Crippen molar-refractivity contribution in [3.05, 3.63) is 45.7 Å². The Morgan fingerprint density at radius 1 is 1.37 bits per heavy atom. The van der Waals surface area contributed by atoms with Gasteiger partial charge in [0, 0.05) is 14.7 Å². The number of thioether (sulfide) groups is 1. The molecule has 2 aromatic rings. The van der Waals surface area contributed by atoms with Crippen molar-refractivity contribution < 1.29 is 4.79 Å². The van der Waals surface area contributed by atoms with Crippen LogP contribution >= 0.6 is 39.0 Å². The van der Waals surface area contributed by atoms with Crippen LogP contribution in [0.1, 0.15) is 12.5 Å². The zero-order valence-electron chi connectivity index (χ0n) is 10.5. The van der Waals surface area contributed by atoms with E-state index in [1.807, 2.05) is 23.6 Å². The number of halogens is 1. The van der Waals surface area contributed by atoms with Crippen molar-refractivity contribution in [3.8, 4) is 0 Å². The van der Waals surface area contributed by atoms with Gasteiger partial charge in [-0.1, -0.05) is 19.1 Å². The molecule has 0 spiro atoms. The Balaban J connectivity index is 1.91. The highest BCUT2D eigenvalue weighted by molar-refractivity contribution is 9.10. The lowest BCUT2D eigenvalue weighted by atomic mass is 10.1. The van der Waals surface area contributed by atoms with Crippen LogP contribution in [-0.4, -0.2) is 11.7 Å². The lowest BCUT2D eigenvalue weighted by Crippen LogP contribution is -2.13. The summed E-state index contributed by atoms with van der Waals surface area (Å²) in [6, 6.07) is 10.1. The van der Waals surface area contributed by atoms with E-state index in [4.69, 9.17) is 0 Å². The van der Waals surface area contributed by atoms with Gasteiger partial charge >= 0.3 is 0 Å². The number of amides is 1. The van der Waals surface area contributed by atoms with Gasteiger partial charge in [-0.25, -0.2) is 0 Å². The monoisotopic (exact) mass is 355 g/mol. The Morgan fingerprint density at radius 2 is 2.11 bits per heavy atom. The van der Waals surface area contributed by atoms with Crippen molar-refractivity contribution >= 4 is 49.9 Å². The van der Waals surface area contributed by atoms with E-state index in [1.165, 1.54) is 16.2 Å². The SMILES string of the molecule is CCSc1ccc(CC(=O)Nc2cc(Br)cs2)cc1. The number of carbonyl (C=O) groups excluding carboxylic acids is 1. The Labute approximate surface area is 129 Å². The highest BCUT2D eigenvalue weighted by Crippen LogP contribution is 2.24. The van der Waals surface area contributed by atoms with Gasteiger partial charge in [-0.15, -0.1) is 23.1 Å². The van der Waals surface area contributed by atoms with Crippen LogP contribution in [-0.2, 0) is 11.2 Å². The van der Waals surface area contributed by atoms with Crippen LogP contribution in [0.15, 0.2) is 45.1 Å². The summed E-state index contributed by atoms with van der Waals surface area (Å²) in [5.74, 6) is 1.08.